The normalized spacial score (nSPS) is 15.3. The van der Waals surface area contributed by atoms with E-state index in [1.54, 1.807) is 34.4 Å². The molecule has 0 spiro atoms. The molecule has 30 heavy (non-hydrogen) atoms. The Morgan fingerprint density at radius 2 is 2.13 bits per heavy atom. The molecule has 3 amide bonds. The lowest BCUT2D eigenvalue weighted by Gasteiger charge is -2.37. The fraction of sp³-hybridized carbons (Fsp3) is 0.364. The van der Waals surface area contributed by atoms with E-state index in [0.29, 0.717) is 18.8 Å². The summed E-state index contributed by atoms with van der Waals surface area (Å²) < 4.78 is 19.0. The van der Waals surface area contributed by atoms with Gasteiger partial charge >= 0.3 is 6.03 Å². The highest BCUT2D eigenvalue weighted by atomic mass is 32.1. The number of urea groups is 1. The number of amides is 3. The van der Waals surface area contributed by atoms with Crippen molar-refractivity contribution in [2.24, 2.45) is 0 Å². The summed E-state index contributed by atoms with van der Waals surface area (Å²) in [6.07, 6.45) is 2.37. The summed E-state index contributed by atoms with van der Waals surface area (Å²) in [5.74, 6) is 0.0685. The van der Waals surface area contributed by atoms with Crippen LogP contribution in [0.4, 0.5) is 9.18 Å². The van der Waals surface area contributed by atoms with Gasteiger partial charge in [-0.05, 0) is 54.6 Å². The minimum Gasteiger partial charge on any atom is -0.491 e. The number of ether oxygens (including phenoxy) is 1. The van der Waals surface area contributed by atoms with Gasteiger partial charge < -0.3 is 19.9 Å². The van der Waals surface area contributed by atoms with E-state index in [1.807, 2.05) is 18.4 Å². The Labute approximate surface area is 179 Å². The fourth-order valence-electron chi connectivity index (χ4n) is 3.47. The van der Waals surface area contributed by atoms with Crippen LogP contribution in [0.15, 0.2) is 48.4 Å². The number of fused-ring (bicyclic) bond motifs is 1. The molecule has 0 aliphatic carbocycles. The number of rotatable bonds is 8. The first-order valence-corrected chi connectivity index (χ1v) is 10.8. The van der Waals surface area contributed by atoms with E-state index in [9.17, 15) is 14.0 Å². The molecule has 1 unspecified atom stereocenters. The molecule has 1 N–H and O–H groups in total. The molecule has 2 aromatic rings. The third kappa shape index (κ3) is 5.18. The molecule has 0 saturated heterocycles. The molecule has 8 heteroatoms. The number of hydrogen-bond donors (Lipinski definition) is 1. The minimum absolute atomic E-state index is 0.0373. The van der Waals surface area contributed by atoms with E-state index in [1.165, 1.54) is 21.9 Å². The highest BCUT2D eigenvalue weighted by Crippen LogP contribution is 2.34. The van der Waals surface area contributed by atoms with Crippen LogP contribution in [0.2, 0.25) is 0 Å². The zero-order valence-electron chi connectivity index (χ0n) is 17.0. The number of carbonyl (C=O) groups excluding carboxylic acids is 2. The second kappa shape index (κ2) is 10.2. The van der Waals surface area contributed by atoms with Gasteiger partial charge in [0.15, 0.2) is 0 Å². The summed E-state index contributed by atoms with van der Waals surface area (Å²) >= 11 is 1.67. The Hall–Kier alpha value is -2.87. The van der Waals surface area contributed by atoms with Crippen LogP contribution in [-0.4, -0.2) is 54.5 Å². The lowest BCUT2D eigenvalue weighted by molar-refractivity contribution is -0.135. The molecule has 0 radical (unpaired) electrons. The summed E-state index contributed by atoms with van der Waals surface area (Å²) in [5, 5.41) is 4.74. The van der Waals surface area contributed by atoms with Crippen LogP contribution in [-0.2, 0) is 11.2 Å². The Kier molecular flexibility index (Phi) is 7.46. The van der Waals surface area contributed by atoms with Crippen LogP contribution in [0.5, 0.6) is 5.75 Å². The molecule has 1 atom stereocenters. The smallest absolute Gasteiger partial charge is 0.318 e. The third-order valence-electron chi connectivity index (χ3n) is 4.93. The zero-order valence-corrected chi connectivity index (χ0v) is 17.8. The Bertz CT molecular complexity index is 884. The first-order valence-electron chi connectivity index (χ1n) is 9.91. The summed E-state index contributed by atoms with van der Waals surface area (Å²) in [4.78, 5) is 29.9. The van der Waals surface area contributed by atoms with Crippen molar-refractivity contribution in [3.05, 3.63) is 64.6 Å². The molecule has 1 aromatic carbocycles. The SMILES string of the molecule is C=CCN(CC(=O)N1CCc2sccc2C1COc1ccc(F)cc1)C(=O)NCC. The van der Waals surface area contributed by atoms with Gasteiger partial charge in [-0.2, -0.15) is 0 Å². The van der Waals surface area contributed by atoms with Crippen molar-refractivity contribution >= 4 is 23.3 Å². The quantitative estimate of drug-likeness (QED) is 0.650. The van der Waals surface area contributed by atoms with Crippen molar-refractivity contribution in [1.29, 1.82) is 0 Å². The molecular formula is C22H26FN3O3S. The largest absolute Gasteiger partial charge is 0.491 e. The molecular weight excluding hydrogens is 405 g/mol. The van der Waals surface area contributed by atoms with E-state index in [2.05, 4.69) is 11.9 Å². The average Bonchev–Trinajstić information content (AvgIpc) is 3.22. The third-order valence-corrected chi connectivity index (χ3v) is 5.92. The zero-order chi connectivity index (χ0) is 21.5. The van der Waals surface area contributed by atoms with Crippen LogP contribution in [0.25, 0.3) is 0 Å². The summed E-state index contributed by atoms with van der Waals surface area (Å²) in [6, 6.07) is 7.28. The molecule has 3 rings (SSSR count). The topological polar surface area (TPSA) is 61.9 Å². The first-order chi connectivity index (χ1) is 14.5. The van der Waals surface area contributed by atoms with Gasteiger partial charge in [-0.1, -0.05) is 6.08 Å². The average molecular weight is 432 g/mol. The van der Waals surface area contributed by atoms with Gasteiger partial charge in [0.1, 0.15) is 24.7 Å². The van der Waals surface area contributed by atoms with E-state index < -0.39 is 0 Å². The summed E-state index contributed by atoms with van der Waals surface area (Å²) in [7, 11) is 0. The summed E-state index contributed by atoms with van der Waals surface area (Å²) in [6.45, 7) is 7.05. The van der Waals surface area contributed by atoms with Gasteiger partial charge in [-0.25, -0.2) is 9.18 Å². The highest BCUT2D eigenvalue weighted by molar-refractivity contribution is 7.10. The van der Waals surface area contributed by atoms with Crippen LogP contribution < -0.4 is 10.1 Å². The Morgan fingerprint density at radius 3 is 2.83 bits per heavy atom. The molecule has 0 fully saturated rings. The second-order valence-electron chi connectivity index (χ2n) is 6.92. The number of carbonyl (C=O) groups is 2. The van der Waals surface area contributed by atoms with E-state index >= 15 is 0 Å². The van der Waals surface area contributed by atoms with Crippen molar-refractivity contribution in [3.63, 3.8) is 0 Å². The van der Waals surface area contributed by atoms with E-state index in [4.69, 9.17) is 4.74 Å². The van der Waals surface area contributed by atoms with Gasteiger partial charge in [-0.3, -0.25) is 4.79 Å². The predicted octanol–water partition coefficient (Wildman–Crippen LogP) is 3.61. The molecule has 0 bridgehead atoms. The van der Waals surface area contributed by atoms with Crippen molar-refractivity contribution in [1.82, 2.24) is 15.1 Å². The molecule has 1 aromatic heterocycles. The molecule has 0 saturated carbocycles. The van der Waals surface area contributed by atoms with E-state index in [-0.39, 0.29) is 43.5 Å². The van der Waals surface area contributed by atoms with Crippen LogP contribution in [0.3, 0.4) is 0 Å². The standard InChI is InChI=1S/C22H26FN3O3S/c1-3-11-25(22(28)24-4-2)14-21(27)26-12-9-20-18(10-13-30-20)19(26)15-29-17-7-5-16(23)6-8-17/h3,5-8,10,13,19H,1,4,9,11-12,14-15H2,2H3,(H,24,28). The lowest BCUT2D eigenvalue weighted by Crippen LogP contribution is -2.49. The maximum absolute atomic E-state index is 13.2. The van der Waals surface area contributed by atoms with Gasteiger partial charge in [0, 0.05) is 24.5 Å². The van der Waals surface area contributed by atoms with Crippen molar-refractivity contribution in [2.75, 3.05) is 32.8 Å². The van der Waals surface area contributed by atoms with Crippen LogP contribution >= 0.6 is 11.3 Å². The fourth-order valence-corrected chi connectivity index (χ4v) is 4.40. The van der Waals surface area contributed by atoms with E-state index in [0.717, 1.165) is 12.0 Å². The molecule has 160 valence electrons. The van der Waals surface area contributed by atoms with Gasteiger partial charge in [-0.15, -0.1) is 17.9 Å². The second-order valence-corrected chi connectivity index (χ2v) is 7.92. The van der Waals surface area contributed by atoms with Gasteiger partial charge in [0.2, 0.25) is 5.91 Å². The first kappa shape index (κ1) is 21.8. The highest BCUT2D eigenvalue weighted by Gasteiger charge is 2.33. The minimum atomic E-state index is -0.329. The number of halogens is 1. The number of nitrogens with one attached hydrogen (secondary N) is 1. The van der Waals surface area contributed by atoms with Crippen LogP contribution in [0, 0.1) is 5.82 Å². The number of hydrogen-bond acceptors (Lipinski definition) is 4. The molecule has 2 heterocycles. The Balaban J connectivity index is 1.75. The number of benzene rings is 1. The molecule has 1 aliphatic heterocycles. The van der Waals surface area contributed by atoms with Crippen LogP contribution in [0.1, 0.15) is 23.4 Å². The summed E-state index contributed by atoms with van der Waals surface area (Å²) in [5.41, 5.74) is 1.06. The molecule has 1 aliphatic rings. The number of nitrogens with zero attached hydrogens (tertiary/aromatic N) is 2. The maximum Gasteiger partial charge on any atom is 0.318 e. The number of thiophene rings is 1. The van der Waals surface area contributed by atoms with Crippen molar-refractivity contribution < 1.29 is 18.7 Å². The molecule has 6 nitrogen and oxygen atoms in total. The van der Waals surface area contributed by atoms with Gasteiger partial charge in [0.25, 0.3) is 0 Å². The monoisotopic (exact) mass is 431 g/mol. The predicted molar refractivity (Wildman–Crippen MR) is 115 cm³/mol. The van der Waals surface area contributed by atoms with Crippen molar-refractivity contribution in [2.45, 2.75) is 19.4 Å². The lowest BCUT2D eigenvalue weighted by atomic mass is 10.0. The maximum atomic E-state index is 13.2. The van der Waals surface area contributed by atoms with Gasteiger partial charge in [0.05, 0.1) is 6.04 Å². The Morgan fingerprint density at radius 1 is 1.37 bits per heavy atom. The van der Waals surface area contributed by atoms with Crippen molar-refractivity contribution in [3.8, 4) is 5.75 Å².